The summed E-state index contributed by atoms with van der Waals surface area (Å²) in [5, 5.41) is 9.25. The van der Waals surface area contributed by atoms with Crippen LogP contribution in [-0.2, 0) is 23.9 Å². The Morgan fingerprint density at radius 2 is 1.13 bits per heavy atom. The first-order valence-electron chi connectivity index (χ1n) is 19.9. The Bertz CT molecular complexity index is 1390. The van der Waals surface area contributed by atoms with Crippen LogP contribution in [0.15, 0.2) is 24.3 Å². The monoisotopic (exact) mass is 738 g/mol. The molecule has 53 heavy (non-hydrogen) atoms. The number of esters is 1. The van der Waals surface area contributed by atoms with Gasteiger partial charge in [0.05, 0.1) is 17.5 Å². The van der Waals surface area contributed by atoms with Gasteiger partial charge in [0, 0.05) is 43.4 Å². The lowest BCUT2D eigenvalue weighted by molar-refractivity contribution is -0.156. The van der Waals surface area contributed by atoms with Gasteiger partial charge in [-0.3, -0.25) is 33.7 Å². The summed E-state index contributed by atoms with van der Waals surface area (Å²) in [5.41, 5.74) is 0.0722. The van der Waals surface area contributed by atoms with Crippen LogP contribution in [0, 0.1) is 23.7 Å². The molecule has 0 unspecified atom stereocenters. The van der Waals surface area contributed by atoms with Gasteiger partial charge in [0.15, 0.2) is 0 Å². The van der Waals surface area contributed by atoms with Gasteiger partial charge in [0.2, 0.25) is 17.7 Å². The molecule has 0 spiro atoms. The van der Waals surface area contributed by atoms with Crippen molar-refractivity contribution in [1.29, 1.82) is 0 Å². The highest BCUT2D eigenvalue weighted by Gasteiger charge is 2.41. The number of nitrogens with one attached hydrogen (secondary N) is 3. The second-order valence-electron chi connectivity index (χ2n) is 17.6. The van der Waals surface area contributed by atoms with Crippen molar-refractivity contribution in [2.24, 2.45) is 23.7 Å². The molecule has 1 saturated carbocycles. The summed E-state index contributed by atoms with van der Waals surface area (Å²) in [5.74, 6) is -1.24. The smallest absolute Gasteiger partial charge is 0.308 e. The number of hydrogen-bond acceptors (Lipinski definition) is 7. The average molecular weight is 739 g/mol. The molecule has 0 bridgehead atoms. The lowest BCUT2D eigenvalue weighted by Gasteiger charge is -2.32. The van der Waals surface area contributed by atoms with E-state index in [1.807, 2.05) is 62.3 Å². The second-order valence-corrected chi connectivity index (χ2v) is 17.6. The second kappa shape index (κ2) is 20.1. The van der Waals surface area contributed by atoms with Gasteiger partial charge in [-0.15, -0.1) is 0 Å². The van der Waals surface area contributed by atoms with E-state index in [9.17, 15) is 28.8 Å². The van der Waals surface area contributed by atoms with Gasteiger partial charge in [-0.25, -0.2) is 0 Å². The van der Waals surface area contributed by atoms with Crippen molar-refractivity contribution < 1.29 is 33.5 Å². The molecule has 11 nitrogen and oxygen atoms in total. The number of benzene rings is 1. The number of amides is 5. The molecule has 1 heterocycles. The van der Waals surface area contributed by atoms with Gasteiger partial charge in [-0.05, 0) is 88.7 Å². The molecule has 1 aromatic carbocycles. The summed E-state index contributed by atoms with van der Waals surface area (Å²) in [6, 6.07) is 4.83. The first kappa shape index (κ1) is 43.6. The number of carbonyl (C=O) groups is 6. The summed E-state index contributed by atoms with van der Waals surface area (Å²) in [6.07, 6.45) is 6.88. The van der Waals surface area contributed by atoms with Crippen LogP contribution in [0.1, 0.15) is 160 Å². The zero-order valence-corrected chi connectivity index (χ0v) is 33.7. The number of imide groups is 1. The highest BCUT2D eigenvalue weighted by molar-refractivity contribution is 6.21. The third kappa shape index (κ3) is 14.5. The van der Waals surface area contributed by atoms with E-state index < -0.39 is 35.5 Å². The van der Waals surface area contributed by atoms with Crippen LogP contribution < -0.4 is 16.0 Å². The van der Waals surface area contributed by atoms with Crippen molar-refractivity contribution in [1.82, 2.24) is 20.9 Å². The SMILES string of the molecule is CC(C)C[C@@H](CC(=O)N[C@H](CC(=O)N[C@@H](CC(=O)OC(C)(C)C)C1CCCCC1)CC(C)C)NC(=O)C[C@H](CC(C)C)N1C(=O)c2ccccc2C1=O. The Balaban J connectivity index is 1.67. The van der Waals surface area contributed by atoms with Crippen LogP contribution in [0.4, 0.5) is 0 Å². The van der Waals surface area contributed by atoms with E-state index in [0.29, 0.717) is 30.4 Å². The van der Waals surface area contributed by atoms with Crippen LogP contribution in [0.25, 0.3) is 0 Å². The molecule has 0 aromatic heterocycles. The third-order valence-corrected chi connectivity index (χ3v) is 9.83. The number of nitrogens with zero attached hydrogens (tertiary/aromatic N) is 1. The fourth-order valence-corrected chi connectivity index (χ4v) is 7.82. The van der Waals surface area contributed by atoms with Crippen LogP contribution in [0.2, 0.25) is 0 Å². The van der Waals surface area contributed by atoms with Crippen molar-refractivity contribution in [2.75, 3.05) is 0 Å². The number of rotatable bonds is 19. The van der Waals surface area contributed by atoms with E-state index in [1.165, 1.54) is 4.90 Å². The van der Waals surface area contributed by atoms with Gasteiger partial charge in [0.1, 0.15) is 5.60 Å². The van der Waals surface area contributed by atoms with Crippen molar-refractivity contribution in [3.63, 3.8) is 0 Å². The number of carbonyl (C=O) groups excluding carboxylic acids is 6. The topological polar surface area (TPSA) is 151 Å². The third-order valence-electron chi connectivity index (χ3n) is 9.83. The van der Waals surface area contributed by atoms with E-state index in [1.54, 1.807) is 24.3 Å². The molecule has 1 aromatic rings. The maximum Gasteiger partial charge on any atom is 0.308 e. The van der Waals surface area contributed by atoms with Gasteiger partial charge < -0.3 is 20.7 Å². The Kier molecular flexibility index (Phi) is 16.5. The van der Waals surface area contributed by atoms with E-state index >= 15 is 0 Å². The Morgan fingerprint density at radius 1 is 0.679 bits per heavy atom. The van der Waals surface area contributed by atoms with Gasteiger partial charge in [-0.2, -0.15) is 0 Å². The average Bonchev–Trinajstić information content (AvgIpc) is 3.28. The first-order valence-corrected chi connectivity index (χ1v) is 19.9. The summed E-state index contributed by atoms with van der Waals surface area (Å²) < 4.78 is 5.60. The van der Waals surface area contributed by atoms with Crippen LogP contribution in [0.5, 0.6) is 0 Å². The van der Waals surface area contributed by atoms with Crippen molar-refractivity contribution in [2.45, 2.75) is 169 Å². The zero-order valence-electron chi connectivity index (χ0n) is 33.7. The number of fused-ring (bicyclic) bond motifs is 1. The number of hydrogen-bond donors (Lipinski definition) is 3. The zero-order chi connectivity index (χ0) is 39.5. The Morgan fingerprint density at radius 3 is 1.58 bits per heavy atom. The summed E-state index contributed by atoms with van der Waals surface area (Å²) in [7, 11) is 0. The fraction of sp³-hybridized carbons (Fsp3) is 0.714. The molecule has 11 heteroatoms. The normalized spacial score (nSPS) is 17.4. The molecular weight excluding hydrogens is 672 g/mol. The van der Waals surface area contributed by atoms with Crippen molar-refractivity contribution in [3.05, 3.63) is 35.4 Å². The van der Waals surface area contributed by atoms with Crippen molar-refractivity contribution in [3.8, 4) is 0 Å². The molecule has 1 fully saturated rings. The molecule has 3 rings (SSSR count). The highest BCUT2D eigenvalue weighted by atomic mass is 16.6. The number of ether oxygens (including phenoxy) is 1. The maximum absolute atomic E-state index is 13.6. The van der Waals surface area contributed by atoms with E-state index in [2.05, 4.69) is 16.0 Å². The summed E-state index contributed by atoms with van der Waals surface area (Å²) >= 11 is 0. The quantitative estimate of drug-likeness (QED) is 0.105. The predicted molar refractivity (Wildman–Crippen MR) is 206 cm³/mol. The molecular formula is C42H66N4O7. The fourth-order valence-electron chi connectivity index (χ4n) is 7.82. The molecule has 1 aliphatic heterocycles. The van der Waals surface area contributed by atoms with Gasteiger partial charge in [0.25, 0.3) is 11.8 Å². The van der Waals surface area contributed by atoms with Gasteiger partial charge in [-0.1, -0.05) is 72.9 Å². The molecule has 0 saturated heterocycles. The van der Waals surface area contributed by atoms with Crippen LogP contribution in [0.3, 0.4) is 0 Å². The molecule has 5 amide bonds. The minimum absolute atomic E-state index is 0.0192. The van der Waals surface area contributed by atoms with E-state index in [-0.39, 0.29) is 79.1 Å². The highest BCUT2D eigenvalue weighted by Crippen LogP contribution is 2.30. The standard InChI is InChI=1S/C42H66N4O7/c1-26(2)19-30(44-38(49)24-32(21-28(5)6)46-40(51)33-17-13-14-18-34(33)41(46)52)22-36(47)43-31(20-27(3)4)23-37(48)45-35(29-15-11-10-12-16-29)25-39(50)53-42(7,8)9/h13-14,17-18,26-32,35H,10-12,15-16,19-25H2,1-9H3,(H,43,47)(H,44,49)(H,45,48)/t30-,31-,32-,35-/m0/s1. The summed E-state index contributed by atoms with van der Waals surface area (Å²) in [4.78, 5) is 81.3. The lowest BCUT2D eigenvalue weighted by Crippen LogP contribution is -2.48. The predicted octanol–water partition coefficient (Wildman–Crippen LogP) is 6.73. The summed E-state index contributed by atoms with van der Waals surface area (Å²) in [6.45, 7) is 17.6. The molecule has 2 aliphatic rings. The van der Waals surface area contributed by atoms with E-state index in [4.69, 9.17) is 4.74 Å². The Hall–Kier alpha value is -3.76. The molecule has 3 N–H and O–H groups in total. The van der Waals surface area contributed by atoms with E-state index in [0.717, 1.165) is 32.1 Å². The maximum atomic E-state index is 13.6. The molecule has 0 radical (unpaired) electrons. The molecule has 296 valence electrons. The van der Waals surface area contributed by atoms with Crippen LogP contribution >= 0.6 is 0 Å². The van der Waals surface area contributed by atoms with Crippen LogP contribution in [-0.4, -0.2) is 70.2 Å². The molecule has 1 aliphatic carbocycles. The minimum atomic E-state index is -0.627. The van der Waals surface area contributed by atoms with Gasteiger partial charge >= 0.3 is 5.97 Å². The first-order chi connectivity index (χ1) is 24.8. The van der Waals surface area contributed by atoms with Crippen molar-refractivity contribution >= 4 is 35.5 Å². The molecule has 4 atom stereocenters. The largest absolute Gasteiger partial charge is 0.460 e. The lowest BCUT2D eigenvalue weighted by atomic mass is 9.82. The minimum Gasteiger partial charge on any atom is -0.460 e. The Labute approximate surface area is 317 Å².